The summed E-state index contributed by atoms with van der Waals surface area (Å²) in [6.07, 6.45) is 0.993. The van der Waals surface area contributed by atoms with E-state index in [4.69, 9.17) is 0 Å². The normalized spacial score (nSPS) is 12.5. The molecule has 0 radical (unpaired) electrons. The predicted molar refractivity (Wildman–Crippen MR) is 97.7 cm³/mol. The number of benzene rings is 2. The number of amides is 1. The Hall–Kier alpha value is -2.48. The average Bonchev–Trinajstić information content (AvgIpc) is 2.47. The third kappa shape index (κ3) is 4.57. The zero-order valence-corrected chi connectivity index (χ0v) is 15.7. The summed E-state index contributed by atoms with van der Waals surface area (Å²) < 4.78 is 52.3. The number of nitrogens with zero attached hydrogens (tertiary/aromatic N) is 1. The van der Waals surface area contributed by atoms with E-state index < -0.39 is 33.6 Å². The number of carbonyl (C=O) groups excluding carboxylic acids is 1. The number of nitrogens with one attached hydrogen (secondary N) is 1. The highest BCUT2D eigenvalue weighted by Crippen LogP contribution is 2.25. The maximum atomic E-state index is 13.8. The number of hydrogen-bond donors (Lipinski definition) is 1. The third-order valence-electron chi connectivity index (χ3n) is 3.74. The van der Waals surface area contributed by atoms with Crippen molar-refractivity contribution in [2.45, 2.75) is 26.8 Å². The summed E-state index contributed by atoms with van der Waals surface area (Å²) >= 11 is 0. The lowest BCUT2D eigenvalue weighted by atomic mass is 10.1. The van der Waals surface area contributed by atoms with Gasteiger partial charge in [0.15, 0.2) is 0 Å². The van der Waals surface area contributed by atoms with Gasteiger partial charge in [0.2, 0.25) is 15.9 Å². The van der Waals surface area contributed by atoms with E-state index >= 15 is 0 Å². The molecular formula is C18H20F2N2O3S. The first-order valence-electron chi connectivity index (χ1n) is 7.82. The molecule has 0 aliphatic heterocycles. The fourth-order valence-corrected chi connectivity index (χ4v) is 3.87. The fourth-order valence-electron chi connectivity index (χ4n) is 2.71. The largest absolute Gasteiger partial charge is 0.322 e. The van der Waals surface area contributed by atoms with Gasteiger partial charge in [-0.1, -0.05) is 6.07 Å². The number of sulfonamides is 1. The summed E-state index contributed by atoms with van der Waals surface area (Å²) in [6, 6.07) is 6.75. The summed E-state index contributed by atoms with van der Waals surface area (Å²) in [5, 5.41) is 2.30. The van der Waals surface area contributed by atoms with Crippen molar-refractivity contribution in [1.82, 2.24) is 0 Å². The number of anilines is 2. The van der Waals surface area contributed by atoms with E-state index in [0.29, 0.717) is 11.8 Å². The van der Waals surface area contributed by atoms with Gasteiger partial charge in [0.05, 0.1) is 17.6 Å². The van der Waals surface area contributed by atoms with Gasteiger partial charge in [0, 0.05) is 6.07 Å². The molecule has 1 amide bonds. The summed E-state index contributed by atoms with van der Waals surface area (Å²) in [5.41, 5.74) is 1.79. The van der Waals surface area contributed by atoms with Gasteiger partial charge in [-0.2, -0.15) is 0 Å². The molecule has 0 aromatic heterocycles. The molecule has 2 aromatic carbocycles. The van der Waals surface area contributed by atoms with Gasteiger partial charge < -0.3 is 5.32 Å². The molecule has 1 N–H and O–H groups in total. The Bertz CT molecular complexity index is 925. The molecule has 0 unspecified atom stereocenters. The van der Waals surface area contributed by atoms with Crippen molar-refractivity contribution in [3.8, 4) is 0 Å². The number of hydrogen-bond acceptors (Lipinski definition) is 3. The molecule has 0 saturated carbocycles. The molecule has 0 heterocycles. The molecule has 2 rings (SSSR count). The van der Waals surface area contributed by atoms with E-state index in [2.05, 4.69) is 5.32 Å². The molecule has 140 valence electrons. The molecule has 1 atom stereocenters. The summed E-state index contributed by atoms with van der Waals surface area (Å²) in [6.45, 7) is 5.03. The Labute approximate surface area is 151 Å². The van der Waals surface area contributed by atoms with Crippen LogP contribution in [0.5, 0.6) is 0 Å². The fraction of sp³-hybridized carbons (Fsp3) is 0.278. The number of rotatable bonds is 5. The Morgan fingerprint density at radius 2 is 1.65 bits per heavy atom. The van der Waals surface area contributed by atoms with Crippen molar-refractivity contribution < 1.29 is 22.0 Å². The summed E-state index contributed by atoms with van der Waals surface area (Å²) in [7, 11) is -3.79. The molecule has 0 fully saturated rings. The topological polar surface area (TPSA) is 66.5 Å². The molecule has 0 saturated heterocycles. The Morgan fingerprint density at radius 1 is 1.08 bits per heavy atom. The first-order valence-corrected chi connectivity index (χ1v) is 9.67. The average molecular weight is 382 g/mol. The minimum Gasteiger partial charge on any atom is -0.322 e. The Morgan fingerprint density at radius 3 is 2.15 bits per heavy atom. The van der Waals surface area contributed by atoms with Crippen molar-refractivity contribution in [3.05, 3.63) is 59.2 Å². The number of carbonyl (C=O) groups is 1. The van der Waals surface area contributed by atoms with Gasteiger partial charge in [-0.25, -0.2) is 17.2 Å². The maximum absolute atomic E-state index is 13.8. The Kier molecular flexibility index (Phi) is 5.65. The van der Waals surface area contributed by atoms with Gasteiger partial charge in [-0.15, -0.1) is 0 Å². The highest BCUT2D eigenvalue weighted by Gasteiger charge is 2.29. The second-order valence-corrected chi connectivity index (χ2v) is 8.05. The minimum atomic E-state index is -3.79. The van der Waals surface area contributed by atoms with Gasteiger partial charge >= 0.3 is 0 Å². The SMILES string of the molecule is Cc1cc(C)cc(N([C@H](C)C(=O)Nc2ccc(F)cc2F)S(C)(=O)=O)c1. The van der Waals surface area contributed by atoms with Gasteiger partial charge in [0.1, 0.15) is 17.7 Å². The molecule has 2 aromatic rings. The van der Waals surface area contributed by atoms with Crippen LogP contribution in [0.1, 0.15) is 18.1 Å². The molecule has 0 bridgehead atoms. The molecular weight excluding hydrogens is 362 g/mol. The van der Waals surface area contributed by atoms with Gasteiger partial charge in [-0.05, 0) is 56.2 Å². The van der Waals surface area contributed by atoms with Crippen LogP contribution in [-0.4, -0.2) is 26.6 Å². The van der Waals surface area contributed by atoms with Gasteiger partial charge in [-0.3, -0.25) is 9.10 Å². The van der Waals surface area contributed by atoms with Crippen molar-refractivity contribution in [1.29, 1.82) is 0 Å². The van der Waals surface area contributed by atoms with Crippen LogP contribution in [0.3, 0.4) is 0 Å². The lowest BCUT2D eigenvalue weighted by molar-refractivity contribution is -0.116. The summed E-state index contributed by atoms with van der Waals surface area (Å²) in [4.78, 5) is 12.5. The quantitative estimate of drug-likeness (QED) is 0.862. The molecule has 0 aliphatic carbocycles. The molecule has 0 spiro atoms. The van der Waals surface area contributed by atoms with Crippen LogP contribution in [0, 0.1) is 25.5 Å². The van der Waals surface area contributed by atoms with E-state index in [1.165, 1.54) is 6.92 Å². The highest BCUT2D eigenvalue weighted by atomic mass is 32.2. The van der Waals surface area contributed by atoms with Crippen molar-refractivity contribution in [3.63, 3.8) is 0 Å². The lowest BCUT2D eigenvalue weighted by Gasteiger charge is -2.28. The number of aryl methyl sites for hydroxylation is 2. The van der Waals surface area contributed by atoms with Crippen LogP contribution >= 0.6 is 0 Å². The van der Waals surface area contributed by atoms with E-state index in [9.17, 15) is 22.0 Å². The first kappa shape index (κ1) is 19.8. The van der Waals surface area contributed by atoms with Crippen LogP contribution < -0.4 is 9.62 Å². The van der Waals surface area contributed by atoms with Crippen LogP contribution in [0.25, 0.3) is 0 Å². The molecule has 0 aliphatic rings. The Balaban J connectivity index is 2.37. The second kappa shape index (κ2) is 7.41. The van der Waals surface area contributed by atoms with Crippen LogP contribution in [-0.2, 0) is 14.8 Å². The van der Waals surface area contributed by atoms with Crippen molar-refractivity contribution >= 4 is 27.3 Å². The smallest absolute Gasteiger partial charge is 0.248 e. The van der Waals surface area contributed by atoms with E-state index in [1.54, 1.807) is 12.1 Å². The van der Waals surface area contributed by atoms with E-state index in [-0.39, 0.29) is 5.69 Å². The van der Waals surface area contributed by atoms with Crippen LogP contribution in [0.15, 0.2) is 36.4 Å². The predicted octanol–water partition coefficient (Wildman–Crippen LogP) is 3.37. The van der Waals surface area contributed by atoms with E-state index in [1.807, 2.05) is 19.9 Å². The van der Waals surface area contributed by atoms with Crippen LogP contribution in [0.2, 0.25) is 0 Å². The maximum Gasteiger partial charge on any atom is 0.248 e. The number of halogens is 2. The molecule has 5 nitrogen and oxygen atoms in total. The second-order valence-electron chi connectivity index (χ2n) is 6.19. The van der Waals surface area contributed by atoms with Gasteiger partial charge in [0.25, 0.3) is 0 Å². The monoisotopic (exact) mass is 382 g/mol. The molecule has 26 heavy (non-hydrogen) atoms. The lowest BCUT2D eigenvalue weighted by Crippen LogP contribution is -2.45. The summed E-state index contributed by atoms with van der Waals surface area (Å²) in [5.74, 6) is -2.45. The standard InChI is InChI=1S/C18H20F2N2O3S/c1-11-7-12(2)9-15(8-11)22(26(4,24)25)13(3)18(23)21-17-6-5-14(19)10-16(17)20/h5-10,13H,1-4H3,(H,21,23)/t13-/m1/s1. The first-order chi connectivity index (χ1) is 12.0. The molecule has 8 heteroatoms. The van der Waals surface area contributed by atoms with Crippen molar-refractivity contribution in [2.24, 2.45) is 0 Å². The zero-order valence-electron chi connectivity index (χ0n) is 14.9. The zero-order chi connectivity index (χ0) is 19.6. The van der Waals surface area contributed by atoms with Crippen molar-refractivity contribution in [2.75, 3.05) is 15.9 Å². The highest BCUT2D eigenvalue weighted by molar-refractivity contribution is 7.92. The van der Waals surface area contributed by atoms with E-state index in [0.717, 1.165) is 33.8 Å². The minimum absolute atomic E-state index is 0.225. The van der Waals surface area contributed by atoms with Crippen LogP contribution in [0.4, 0.5) is 20.2 Å². The third-order valence-corrected chi connectivity index (χ3v) is 4.98.